The van der Waals surface area contributed by atoms with Gasteiger partial charge in [0.1, 0.15) is 6.04 Å². The maximum Gasteiger partial charge on any atom is 0.330 e. The normalized spacial score (nSPS) is 24.6. The summed E-state index contributed by atoms with van der Waals surface area (Å²) in [5.41, 5.74) is 1.30. The van der Waals surface area contributed by atoms with Gasteiger partial charge >= 0.3 is 5.97 Å². The standard InChI is InChI=1S/C20H24N2O5S/c1-12(21-13(2)23)14-4-6-15(7-5-14)17(24)10-27-19(26)16-11-28-20(3)9-8-18(25)22(16)20/h4-7,12,16H,8-11H2,1-3H3,(H,21,23)/t12-,16-,20-/m0/s1. The predicted molar refractivity (Wildman–Crippen MR) is 105 cm³/mol. The fourth-order valence-corrected chi connectivity index (χ4v) is 5.07. The molecule has 0 saturated carbocycles. The van der Waals surface area contributed by atoms with Crippen LogP contribution >= 0.6 is 11.8 Å². The maximum absolute atomic E-state index is 12.4. The molecule has 1 aromatic rings. The molecule has 2 aliphatic rings. The summed E-state index contributed by atoms with van der Waals surface area (Å²) in [5, 5.41) is 2.78. The van der Waals surface area contributed by atoms with Gasteiger partial charge in [-0.15, -0.1) is 11.8 Å². The van der Waals surface area contributed by atoms with Gasteiger partial charge in [0.25, 0.3) is 0 Å². The Morgan fingerprint density at radius 1 is 1.32 bits per heavy atom. The van der Waals surface area contributed by atoms with Crippen LogP contribution in [0.1, 0.15) is 55.6 Å². The Bertz CT molecular complexity index is 809. The lowest BCUT2D eigenvalue weighted by molar-refractivity contribution is -0.152. The molecule has 3 atom stereocenters. The number of esters is 1. The SMILES string of the molecule is CC(=O)N[C@@H](C)c1ccc(C(=O)COC(=O)[C@@H]2CS[C@@]3(C)CCC(=O)N23)cc1. The average Bonchev–Trinajstić information content (AvgIpc) is 3.15. The Balaban J connectivity index is 1.56. The molecule has 7 nitrogen and oxygen atoms in total. The van der Waals surface area contributed by atoms with Gasteiger partial charge in [0, 0.05) is 24.7 Å². The van der Waals surface area contributed by atoms with Crippen LogP contribution in [0.2, 0.25) is 0 Å². The Morgan fingerprint density at radius 2 is 2.00 bits per heavy atom. The molecule has 0 spiro atoms. The number of Topliss-reactive ketones (excluding diaryl/α,β-unsaturated/α-hetero) is 1. The summed E-state index contributed by atoms with van der Waals surface area (Å²) in [4.78, 5) is 49.3. The van der Waals surface area contributed by atoms with Crippen molar-refractivity contribution in [3.63, 3.8) is 0 Å². The van der Waals surface area contributed by atoms with Crippen LogP contribution in [0.3, 0.4) is 0 Å². The second-order valence-corrected chi connectivity index (χ2v) is 8.84. The molecule has 0 aliphatic carbocycles. The Kier molecular flexibility index (Phi) is 5.79. The highest BCUT2D eigenvalue weighted by Gasteiger charge is 2.53. The molecule has 150 valence electrons. The lowest BCUT2D eigenvalue weighted by Crippen LogP contribution is -2.46. The number of hydrogen-bond donors (Lipinski definition) is 1. The quantitative estimate of drug-likeness (QED) is 0.576. The van der Waals surface area contributed by atoms with Crippen LogP contribution in [0.4, 0.5) is 0 Å². The lowest BCUT2D eigenvalue weighted by Gasteiger charge is -2.29. The van der Waals surface area contributed by atoms with Crippen molar-refractivity contribution in [2.24, 2.45) is 0 Å². The van der Waals surface area contributed by atoms with Gasteiger partial charge in [-0.2, -0.15) is 0 Å². The van der Waals surface area contributed by atoms with Gasteiger partial charge in [-0.1, -0.05) is 24.3 Å². The van der Waals surface area contributed by atoms with E-state index in [2.05, 4.69) is 5.32 Å². The molecule has 28 heavy (non-hydrogen) atoms. The van der Waals surface area contributed by atoms with Crippen molar-refractivity contribution in [3.05, 3.63) is 35.4 Å². The van der Waals surface area contributed by atoms with Gasteiger partial charge < -0.3 is 15.0 Å². The summed E-state index contributed by atoms with van der Waals surface area (Å²) >= 11 is 1.58. The highest BCUT2D eigenvalue weighted by Crippen LogP contribution is 2.47. The number of hydrogen-bond acceptors (Lipinski definition) is 6. The van der Waals surface area contributed by atoms with E-state index in [9.17, 15) is 19.2 Å². The van der Waals surface area contributed by atoms with E-state index in [0.29, 0.717) is 17.7 Å². The topological polar surface area (TPSA) is 92.8 Å². The number of thioether (sulfide) groups is 1. The number of rotatable bonds is 6. The van der Waals surface area contributed by atoms with Crippen molar-refractivity contribution in [2.75, 3.05) is 12.4 Å². The third-order valence-corrected chi connectivity index (χ3v) is 6.72. The third-order valence-electron chi connectivity index (χ3n) is 5.21. The molecule has 2 aliphatic heterocycles. The van der Waals surface area contributed by atoms with Crippen molar-refractivity contribution >= 4 is 35.3 Å². The smallest absolute Gasteiger partial charge is 0.330 e. The van der Waals surface area contributed by atoms with Crippen LogP contribution in [-0.4, -0.2) is 51.7 Å². The molecule has 1 aromatic carbocycles. The molecule has 1 N–H and O–H groups in total. The van der Waals surface area contributed by atoms with Gasteiger partial charge in [0.05, 0.1) is 10.9 Å². The van der Waals surface area contributed by atoms with Gasteiger partial charge in [0.2, 0.25) is 11.8 Å². The summed E-state index contributed by atoms with van der Waals surface area (Å²) in [5.74, 6) is -0.517. The second kappa shape index (κ2) is 7.95. The van der Waals surface area contributed by atoms with E-state index in [1.807, 2.05) is 13.8 Å². The molecule has 0 aromatic heterocycles. The molecular weight excluding hydrogens is 380 g/mol. The second-order valence-electron chi connectivity index (χ2n) is 7.34. The zero-order valence-corrected chi connectivity index (χ0v) is 17.0. The minimum Gasteiger partial charge on any atom is -0.456 e. The Labute approximate surface area is 168 Å². The largest absolute Gasteiger partial charge is 0.456 e. The molecular formula is C20H24N2O5S. The van der Waals surface area contributed by atoms with Crippen molar-refractivity contribution in [1.82, 2.24) is 10.2 Å². The van der Waals surface area contributed by atoms with E-state index in [0.717, 1.165) is 12.0 Å². The highest BCUT2D eigenvalue weighted by molar-refractivity contribution is 8.01. The van der Waals surface area contributed by atoms with Crippen LogP contribution in [-0.2, 0) is 19.1 Å². The Hall–Kier alpha value is -2.35. The van der Waals surface area contributed by atoms with E-state index < -0.39 is 12.0 Å². The molecule has 0 bridgehead atoms. The minimum absolute atomic E-state index is 0.0374. The number of carbonyl (C=O) groups is 4. The summed E-state index contributed by atoms with van der Waals surface area (Å²) in [6.45, 7) is 4.90. The van der Waals surface area contributed by atoms with Crippen molar-refractivity contribution in [1.29, 1.82) is 0 Å². The maximum atomic E-state index is 12.4. The van der Waals surface area contributed by atoms with Crippen LogP contribution in [0.15, 0.2) is 24.3 Å². The summed E-state index contributed by atoms with van der Waals surface area (Å²) < 4.78 is 5.22. The number of amides is 2. The van der Waals surface area contributed by atoms with Crippen molar-refractivity contribution in [2.45, 2.75) is 50.6 Å². The van der Waals surface area contributed by atoms with Crippen LogP contribution < -0.4 is 5.32 Å². The average molecular weight is 404 g/mol. The molecule has 2 amide bonds. The zero-order chi connectivity index (χ0) is 20.5. The van der Waals surface area contributed by atoms with E-state index in [1.165, 1.54) is 6.92 Å². The first-order valence-corrected chi connectivity index (χ1v) is 10.2. The van der Waals surface area contributed by atoms with Crippen LogP contribution in [0.25, 0.3) is 0 Å². The summed E-state index contributed by atoms with van der Waals surface area (Å²) in [6.07, 6.45) is 1.16. The number of fused-ring (bicyclic) bond motifs is 1. The molecule has 2 saturated heterocycles. The number of ketones is 1. The monoisotopic (exact) mass is 404 g/mol. The molecule has 3 rings (SSSR count). The number of nitrogens with zero attached hydrogens (tertiary/aromatic N) is 1. The molecule has 8 heteroatoms. The van der Waals surface area contributed by atoms with Crippen molar-refractivity contribution in [3.8, 4) is 0 Å². The summed E-state index contributed by atoms with van der Waals surface area (Å²) in [6, 6.07) is 6.03. The van der Waals surface area contributed by atoms with Gasteiger partial charge in [-0.3, -0.25) is 14.4 Å². The fourth-order valence-electron chi connectivity index (χ4n) is 3.66. The number of nitrogens with one attached hydrogen (secondary N) is 1. The first-order valence-electron chi connectivity index (χ1n) is 9.24. The van der Waals surface area contributed by atoms with Crippen molar-refractivity contribution < 1.29 is 23.9 Å². The van der Waals surface area contributed by atoms with E-state index in [-0.39, 0.29) is 35.1 Å². The first-order chi connectivity index (χ1) is 13.2. The fraction of sp³-hybridized carbons (Fsp3) is 0.500. The Morgan fingerprint density at radius 3 is 2.64 bits per heavy atom. The summed E-state index contributed by atoms with van der Waals surface area (Å²) in [7, 11) is 0. The molecule has 2 heterocycles. The van der Waals surface area contributed by atoms with E-state index in [4.69, 9.17) is 4.74 Å². The number of ether oxygens (including phenoxy) is 1. The zero-order valence-electron chi connectivity index (χ0n) is 16.2. The van der Waals surface area contributed by atoms with Gasteiger partial charge in [-0.05, 0) is 25.8 Å². The van der Waals surface area contributed by atoms with Gasteiger partial charge in [0.15, 0.2) is 12.4 Å². The van der Waals surface area contributed by atoms with E-state index in [1.54, 1.807) is 40.9 Å². The first kappa shape index (κ1) is 20.4. The molecule has 0 radical (unpaired) electrons. The molecule has 2 fully saturated rings. The van der Waals surface area contributed by atoms with Crippen LogP contribution in [0, 0.1) is 0 Å². The molecule has 0 unspecified atom stereocenters. The number of benzene rings is 1. The lowest BCUT2D eigenvalue weighted by atomic mass is 10.0. The van der Waals surface area contributed by atoms with Gasteiger partial charge in [-0.25, -0.2) is 4.79 Å². The highest BCUT2D eigenvalue weighted by atomic mass is 32.2. The predicted octanol–water partition coefficient (Wildman–Crippen LogP) is 2.06. The van der Waals surface area contributed by atoms with Crippen LogP contribution in [0.5, 0.6) is 0 Å². The van der Waals surface area contributed by atoms with E-state index >= 15 is 0 Å². The number of carbonyl (C=O) groups excluding carboxylic acids is 4. The third kappa shape index (κ3) is 4.06. The minimum atomic E-state index is -0.626.